The molecule has 1 fully saturated rings. The first-order valence-electron chi connectivity index (χ1n) is 9.67. The van der Waals surface area contributed by atoms with E-state index in [0.29, 0.717) is 17.2 Å². The number of imidazole rings is 1. The molecular formula is C22H25N3O4. The first-order valence-corrected chi connectivity index (χ1v) is 9.67. The molecule has 29 heavy (non-hydrogen) atoms. The minimum absolute atomic E-state index is 0.0306. The second-order valence-corrected chi connectivity index (χ2v) is 7.09. The second kappa shape index (κ2) is 8.03. The molecule has 2 heterocycles. The molecule has 0 unspecified atom stereocenters. The number of carbonyl (C=O) groups is 1. The molecule has 0 radical (unpaired) electrons. The van der Waals surface area contributed by atoms with Gasteiger partial charge in [0, 0.05) is 6.54 Å². The summed E-state index contributed by atoms with van der Waals surface area (Å²) in [4.78, 5) is 23.1. The predicted octanol–water partition coefficient (Wildman–Crippen LogP) is 3.49. The van der Waals surface area contributed by atoms with E-state index in [9.17, 15) is 4.79 Å². The number of likely N-dealkylation sites (tertiary alicyclic amines) is 1. The number of nitrogens with one attached hydrogen (secondary N) is 1. The Hall–Kier alpha value is -3.22. The van der Waals surface area contributed by atoms with Gasteiger partial charge in [-0.15, -0.1) is 0 Å². The van der Waals surface area contributed by atoms with Gasteiger partial charge in [0.2, 0.25) is 11.7 Å². The molecule has 7 heteroatoms. The van der Waals surface area contributed by atoms with Crippen LogP contribution in [0.1, 0.15) is 30.3 Å². The van der Waals surface area contributed by atoms with Crippen LogP contribution in [0.5, 0.6) is 17.2 Å². The third-order valence-corrected chi connectivity index (χ3v) is 5.38. The van der Waals surface area contributed by atoms with Crippen molar-refractivity contribution in [3.8, 4) is 17.2 Å². The fourth-order valence-corrected chi connectivity index (χ4v) is 3.99. The van der Waals surface area contributed by atoms with Crippen LogP contribution in [0.25, 0.3) is 11.0 Å². The van der Waals surface area contributed by atoms with E-state index in [1.54, 1.807) is 21.3 Å². The molecule has 1 saturated heterocycles. The zero-order valence-corrected chi connectivity index (χ0v) is 16.9. The highest BCUT2D eigenvalue weighted by Gasteiger charge is 2.32. The van der Waals surface area contributed by atoms with Gasteiger partial charge >= 0.3 is 0 Å². The van der Waals surface area contributed by atoms with Crippen molar-refractivity contribution >= 4 is 16.9 Å². The number of amides is 1. The van der Waals surface area contributed by atoms with Crippen molar-refractivity contribution in [2.24, 2.45) is 0 Å². The second-order valence-electron chi connectivity index (χ2n) is 7.09. The Bertz CT molecular complexity index is 972. The van der Waals surface area contributed by atoms with E-state index in [0.717, 1.165) is 41.8 Å². The number of aromatic nitrogens is 2. The fraction of sp³-hybridized carbons (Fsp3) is 0.364. The monoisotopic (exact) mass is 395 g/mol. The van der Waals surface area contributed by atoms with Crippen molar-refractivity contribution in [1.29, 1.82) is 0 Å². The highest BCUT2D eigenvalue weighted by Crippen LogP contribution is 2.39. The number of para-hydroxylation sites is 2. The van der Waals surface area contributed by atoms with E-state index < -0.39 is 0 Å². The minimum atomic E-state index is -0.0306. The molecule has 1 amide bonds. The van der Waals surface area contributed by atoms with Crippen LogP contribution in [-0.4, -0.2) is 48.6 Å². The van der Waals surface area contributed by atoms with Gasteiger partial charge in [-0.3, -0.25) is 4.79 Å². The van der Waals surface area contributed by atoms with Crippen LogP contribution in [0.2, 0.25) is 0 Å². The maximum Gasteiger partial charge on any atom is 0.227 e. The number of rotatable bonds is 6. The standard InChI is InChI=1S/C22H25N3O4/c1-27-18-11-14(12-19(28-2)21(18)29-3)13-20(26)25-10-6-9-17(25)22-23-15-7-4-5-8-16(15)24-22/h4-5,7-8,11-12,17H,6,9-10,13H2,1-3H3,(H,23,24)/t17-/m0/s1. The summed E-state index contributed by atoms with van der Waals surface area (Å²) in [5.74, 6) is 2.52. The Morgan fingerprint density at radius 2 is 1.86 bits per heavy atom. The Balaban J connectivity index is 1.57. The number of hydrogen-bond donors (Lipinski definition) is 1. The molecule has 1 aliphatic rings. The van der Waals surface area contributed by atoms with Gasteiger partial charge in [-0.25, -0.2) is 4.98 Å². The van der Waals surface area contributed by atoms with E-state index in [-0.39, 0.29) is 18.4 Å². The SMILES string of the molecule is COc1cc(CC(=O)N2CCC[C@H]2c2nc3ccccc3[nH]2)cc(OC)c1OC. The number of ether oxygens (including phenoxy) is 3. The third-order valence-electron chi connectivity index (χ3n) is 5.38. The molecule has 152 valence electrons. The molecule has 3 aromatic rings. The van der Waals surface area contributed by atoms with Crippen LogP contribution < -0.4 is 14.2 Å². The average Bonchev–Trinajstić information content (AvgIpc) is 3.39. The van der Waals surface area contributed by atoms with Crippen LogP contribution in [-0.2, 0) is 11.2 Å². The summed E-state index contributed by atoms with van der Waals surface area (Å²) in [6, 6.07) is 11.5. The van der Waals surface area contributed by atoms with Crippen LogP contribution in [0.15, 0.2) is 36.4 Å². The minimum Gasteiger partial charge on any atom is -0.493 e. The number of benzene rings is 2. The highest BCUT2D eigenvalue weighted by molar-refractivity contribution is 5.80. The number of carbonyl (C=O) groups excluding carboxylic acids is 1. The van der Waals surface area contributed by atoms with Gasteiger partial charge in [-0.2, -0.15) is 0 Å². The van der Waals surface area contributed by atoms with Gasteiger partial charge in [-0.05, 0) is 42.7 Å². The van der Waals surface area contributed by atoms with Gasteiger partial charge in [0.15, 0.2) is 11.5 Å². The van der Waals surface area contributed by atoms with Crippen molar-refractivity contribution < 1.29 is 19.0 Å². The smallest absolute Gasteiger partial charge is 0.227 e. The molecule has 0 bridgehead atoms. The Morgan fingerprint density at radius 1 is 1.14 bits per heavy atom. The topological polar surface area (TPSA) is 76.7 Å². The maximum absolute atomic E-state index is 13.1. The van der Waals surface area contributed by atoms with Crippen molar-refractivity contribution in [2.75, 3.05) is 27.9 Å². The van der Waals surface area contributed by atoms with Gasteiger partial charge in [0.1, 0.15) is 5.82 Å². The molecule has 0 saturated carbocycles. The number of fused-ring (bicyclic) bond motifs is 1. The molecule has 1 aromatic heterocycles. The Labute approximate surface area is 169 Å². The van der Waals surface area contributed by atoms with Gasteiger partial charge in [0.05, 0.1) is 44.8 Å². The summed E-state index contributed by atoms with van der Waals surface area (Å²) >= 11 is 0. The van der Waals surface area contributed by atoms with Crippen molar-refractivity contribution in [1.82, 2.24) is 14.9 Å². The zero-order valence-electron chi connectivity index (χ0n) is 16.9. The highest BCUT2D eigenvalue weighted by atomic mass is 16.5. The van der Waals surface area contributed by atoms with E-state index in [1.165, 1.54) is 0 Å². The molecule has 2 aromatic carbocycles. The summed E-state index contributed by atoms with van der Waals surface area (Å²) in [6.07, 6.45) is 2.12. The summed E-state index contributed by atoms with van der Waals surface area (Å²) in [7, 11) is 4.70. The molecule has 1 aliphatic heterocycles. The van der Waals surface area contributed by atoms with Gasteiger partial charge < -0.3 is 24.1 Å². The molecule has 1 atom stereocenters. The zero-order chi connectivity index (χ0) is 20.4. The number of methoxy groups -OCH3 is 3. The average molecular weight is 395 g/mol. The van der Waals surface area contributed by atoms with Crippen molar-refractivity contribution in [3.63, 3.8) is 0 Å². The molecule has 0 aliphatic carbocycles. The first kappa shape index (κ1) is 19.1. The molecule has 4 rings (SSSR count). The van der Waals surface area contributed by atoms with Crippen LogP contribution in [0, 0.1) is 0 Å². The molecule has 7 nitrogen and oxygen atoms in total. The lowest BCUT2D eigenvalue weighted by Gasteiger charge is -2.23. The quantitative estimate of drug-likeness (QED) is 0.691. The van der Waals surface area contributed by atoms with Gasteiger partial charge in [0.25, 0.3) is 0 Å². The Morgan fingerprint density at radius 3 is 2.52 bits per heavy atom. The maximum atomic E-state index is 13.1. The van der Waals surface area contributed by atoms with Crippen LogP contribution in [0.4, 0.5) is 0 Å². The number of aromatic amines is 1. The summed E-state index contributed by atoms with van der Waals surface area (Å²) in [5, 5.41) is 0. The summed E-state index contributed by atoms with van der Waals surface area (Å²) in [5.41, 5.74) is 2.73. The number of nitrogens with zero attached hydrogens (tertiary/aromatic N) is 2. The molecular weight excluding hydrogens is 370 g/mol. The number of H-pyrrole nitrogens is 1. The first-order chi connectivity index (χ1) is 14.1. The van der Waals surface area contributed by atoms with E-state index in [2.05, 4.69) is 4.98 Å². The van der Waals surface area contributed by atoms with Gasteiger partial charge in [-0.1, -0.05) is 12.1 Å². The predicted molar refractivity (Wildman–Crippen MR) is 110 cm³/mol. The number of hydrogen-bond acceptors (Lipinski definition) is 5. The largest absolute Gasteiger partial charge is 0.493 e. The van der Waals surface area contributed by atoms with E-state index in [4.69, 9.17) is 19.2 Å². The third kappa shape index (κ3) is 3.60. The van der Waals surface area contributed by atoms with Crippen LogP contribution >= 0.6 is 0 Å². The van der Waals surface area contributed by atoms with E-state index in [1.807, 2.05) is 41.3 Å². The lowest BCUT2D eigenvalue weighted by atomic mass is 10.1. The summed E-state index contributed by atoms with van der Waals surface area (Å²) < 4.78 is 16.2. The fourth-order valence-electron chi connectivity index (χ4n) is 3.99. The Kier molecular flexibility index (Phi) is 5.29. The molecule has 1 N–H and O–H groups in total. The van der Waals surface area contributed by atoms with Crippen molar-refractivity contribution in [3.05, 3.63) is 47.8 Å². The molecule has 0 spiro atoms. The normalized spacial score (nSPS) is 16.2. The lowest BCUT2D eigenvalue weighted by Crippen LogP contribution is -2.32. The van der Waals surface area contributed by atoms with E-state index >= 15 is 0 Å². The van der Waals surface area contributed by atoms with Crippen molar-refractivity contribution in [2.45, 2.75) is 25.3 Å². The lowest BCUT2D eigenvalue weighted by molar-refractivity contribution is -0.131. The van der Waals surface area contributed by atoms with Crippen LogP contribution in [0.3, 0.4) is 0 Å². The summed E-state index contributed by atoms with van der Waals surface area (Å²) in [6.45, 7) is 0.727.